The van der Waals surface area contributed by atoms with Crippen molar-refractivity contribution in [2.24, 2.45) is 0 Å². The third-order valence-corrected chi connectivity index (χ3v) is 4.27. The molecule has 0 aromatic carbocycles. The highest BCUT2D eigenvalue weighted by Gasteiger charge is 2.23. The monoisotopic (exact) mass is 317 g/mol. The van der Waals surface area contributed by atoms with Gasteiger partial charge in [0.1, 0.15) is 11.6 Å². The third kappa shape index (κ3) is 3.29. The van der Waals surface area contributed by atoms with Crippen LogP contribution in [0, 0.1) is 0 Å². The molecule has 0 saturated carbocycles. The Morgan fingerprint density at radius 2 is 2.35 bits per heavy atom. The highest BCUT2D eigenvalue weighted by Crippen LogP contribution is 2.20. The number of piperidine rings is 1. The van der Waals surface area contributed by atoms with Crippen molar-refractivity contribution in [2.45, 2.75) is 38.8 Å². The molecule has 23 heavy (non-hydrogen) atoms. The van der Waals surface area contributed by atoms with Gasteiger partial charge in [0.2, 0.25) is 0 Å². The number of aromatic nitrogens is 4. The molecule has 1 fully saturated rings. The summed E-state index contributed by atoms with van der Waals surface area (Å²) < 4.78 is 8.49. The Morgan fingerprint density at radius 3 is 3.04 bits per heavy atom. The predicted molar refractivity (Wildman–Crippen MR) is 86.9 cm³/mol. The predicted octanol–water partition coefficient (Wildman–Crippen LogP) is 0.984. The standard InChI is InChI=1S/C16H23N5O2/c1-3-20-15(12-5-4-7-17-10-12)19-21(16(20)22)11-13-9-14(23-2)6-8-18-13/h6,8-9,12,17H,3-5,7,10-11H2,1-2H3/t12-/m1/s1. The average Bonchev–Trinajstić information content (AvgIpc) is 2.91. The van der Waals surface area contributed by atoms with E-state index in [9.17, 15) is 4.79 Å². The van der Waals surface area contributed by atoms with Crippen LogP contribution in [0.25, 0.3) is 0 Å². The smallest absolute Gasteiger partial charge is 0.346 e. The third-order valence-electron chi connectivity index (χ3n) is 4.27. The second kappa shape index (κ2) is 6.95. The van der Waals surface area contributed by atoms with Crippen LogP contribution in [0.5, 0.6) is 5.75 Å². The Balaban J connectivity index is 1.90. The van der Waals surface area contributed by atoms with Crippen LogP contribution in [0.4, 0.5) is 0 Å². The summed E-state index contributed by atoms with van der Waals surface area (Å²) in [5.41, 5.74) is 0.693. The molecule has 7 heteroatoms. The summed E-state index contributed by atoms with van der Waals surface area (Å²) in [6.45, 7) is 4.90. The van der Waals surface area contributed by atoms with Gasteiger partial charge in [0.25, 0.3) is 0 Å². The zero-order chi connectivity index (χ0) is 16.2. The highest BCUT2D eigenvalue weighted by molar-refractivity contribution is 5.22. The van der Waals surface area contributed by atoms with E-state index in [4.69, 9.17) is 4.74 Å². The van der Waals surface area contributed by atoms with E-state index in [0.717, 1.165) is 43.2 Å². The number of methoxy groups -OCH3 is 1. The molecular weight excluding hydrogens is 294 g/mol. The van der Waals surface area contributed by atoms with Gasteiger partial charge in [-0.15, -0.1) is 0 Å². The molecule has 0 aliphatic carbocycles. The minimum Gasteiger partial charge on any atom is -0.497 e. The van der Waals surface area contributed by atoms with Gasteiger partial charge in [-0.05, 0) is 32.4 Å². The lowest BCUT2D eigenvalue weighted by atomic mass is 9.99. The molecule has 2 aromatic heterocycles. The van der Waals surface area contributed by atoms with E-state index < -0.39 is 0 Å². The van der Waals surface area contributed by atoms with Gasteiger partial charge in [-0.1, -0.05) is 0 Å². The first-order chi connectivity index (χ1) is 11.2. The van der Waals surface area contributed by atoms with Crippen molar-refractivity contribution in [3.05, 3.63) is 40.3 Å². The molecule has 1 aliphatic heterocycles. The van der Waals surface area contributed by atoms with Gasteiger partial charge >= 0.3 is 5.69 Å². The molecular formula is C16H23N5O2. The lowest BCUT2D eigenvalue weighted by molar-refractivity contribution is 0.413. The fraction of sp³-hybridized carbons (Fsp3) is 0.562. The van der Waals surface area contributed by atoms with Gasteiger partial charge in [0, 0.05) is 31.3 Å². The first-order valence-electron chi connectivity index (χ1n) is 8.10. The molecule has 1 aliphatic rings. The molecule has 3 heterocycles. The van der Waals surface area contributed by atoms with Crippen LogP contribution >= 0.6 is 0 Å². The van der Waals surface area contributed by atoms with Crippen molar-refractivity contribution in [3.8, 4) is 5.75 Å². The van der Waals surface area contributed by atoms with E-state index in [1.165, 1.54) is 4.68 Å². The number of pyridine rings is 1. The van der Waals surface area contributed by atoms with Crippen molar-refractivity contribution < 1.29 is 4.74 Å². The molecule has 0 amide bonds. The Labute approximate surface area is 135 Å². The number of hydrogen-bond acceptors (Lipinski definition) is 5. The van der Waals surface area contributed by atoms with Gasteiger partial charge in [0.15, 0.2) is 0 Å². The molecule has 0 bridgehead atoms. The summed E-state index contributed by atoms with van der Waals surface area (Å²) in [4.78, 5) is 16.9. The lowest BCUT2D eigenvalue weighted by Crippen LogP contribution is -2.31. The molecule has 2 aromatic rings. The molecule has 1 N–H and O–H groups in total. The lowest BCUT2D eigenvalue weighted by Gasteiger charge is -2.21. The number of ether oxygens (including phenoxy) is 1. The summed E-state index contributed by atoms with van der Waals surface area (Å²) in [7, 11) is 1.62. The van der Waals surface area contributed by atoms with E-state index in [1.807, 2.05) is 13.0 Å². The number of nitrogens with one attached hydrogen (secondary N) is 1. The number of hydrogen-bond donors (Lipinski definition) is 1. The van der Waals surface area contributed by atoms with Crippen LogP contribution < -0.4 is 15.7 Å². The van der Waals surface area contributed by atoms with Crippen LogP contribution in [0.2, 0.25) is 0 Å². The van der Waals surface area contributed by atoms with Crippen molar-refractivity contribution in [2.75, 3.05) is 20.2 Å². The van der Waals surface area contributed by atoms with Gasteiger partial charge in [-0.2, -0.15) is 5.10 Å². The summed E-state index contributed by atoms with van der Waals surface area (Å²) in [5, 5.41) is 7.99. The Kier molecular flexibility index (Phi) is 4.76. The second-order valence-electron chi connectivity index (χ2n) is 5.77. The largest absolute Gasteiger partial charge is 0.497 e. The van der Waals surface area contributed by atoms with Gasteiger partial charge in [-0.3, -0.25) is 9.55 Å². The SMILES string of the molecule is CCn1c([C@@H]2CCCNC2)nn(Cc2cc(OC)ccn2)c1=O. The van der Waals surface area contributed by atoms with Crippen LogP contribution in [0.1, 0.15) is 37.2 Å². The van der Waals surface area contributed by atoms with E-state index in [-0.39, 0.29) is 5.69 Å². The summed E-state index contributed by atoms with van der Waals surface area (Å²) in [6, 6.07) is 3.62. The van der Waals surface area contributed by atoms with Crippen LogP contribution in [-0.4, -0.2) is 39.5 Å². The van der Waals surface area contributed by atoms with Crippen molar-refractivity contribution in [1.82, 2.24) is 24.6 Å². The zero-order valence-electron chi connectivity index (χ0n) is 13.7. The van der Waals surface area contributed by atoms with E-state index in [1.54, 1.807) is 23.9 Å². The summed E-state index contributed by atoms with van der Waals surface area (Å²) >= 11 is 0. The van der Waals surface area contributed by atoms with Gasteiger partial charge in [0.05, 0.1) is 19.3 Å². The van der Waals surface area contributed by atoms with Crippen molar-refractivity contribution >= 4 is 0 Å². The molecule has 7 nitrogen and oxygen atoms in total. The van der Waals surface area contributed by atoms with Crippen molar-refractivity contribution in [1.29, 1.82) is 0 Å². The molecule has 124 valence electrons. The Bertz CT molecular complexity index is 716. The average molecular weight is 317 g/mol. The summed E-state index contributed by atoms with van der Waals surface area (Å²) in [5.74, 6) is 1.91. The fourth-order valence-corrected chi connectivity index (χ4v) is 3.06. The maximum absolute atomic E-state index is 12.6. The minimum atomic E-state index is -0.0716. The normalized spacial score (nSPS) is 18.1. The molecule has 1 saturated heterocycles. The zero-order valence-corrected chi connectivity index (χ0v) is 13.7. The molecule has 3 rings (SSSR count). The van der Waals surface area contributed by atoms with Crippen LogP contribution in [0.3, 0.4) is 0 Å². The maximum Gasteiger partial charge on any atom is 0.346 e. The number of nitrogens with zero attached hydrogens (tertiary/aromatic N) is 4. The quantitative estimate of drug-likeness (QED) is 0.890. The van der Waals surface area contributed by atoms with Crippen LogP contribution in [-0.2, 0) is 13.1 Å². The number of rotatable bonds is 5. The van der Waals surface area contributed by atoms with Gasteiger partial charge < -0.3 is 10.1 Å². The first kappa shape index (κ1) is 15.7. The topological polar surface area (TPSA) is 74.0 Å². The van der Waals surface area contributed by atoms with E-state index in [0.29, 0.717) is 19.0 Å². The second-order valence-corrected chi connectivity index (χ2v) is 5.77. The Hall–Kier alpha value is -2.15. The minimum absolute atomic E-state index is 0.0716. The highest BCUT2D eigenvalue weighted by atomic mass is 16.5. The van der Waals surface area contributed by atoms with E-state index in [2.05, 4.69) is 15.4 Å². The molecule has 1 atom stereocenters. The van der Waals surface area contributed by atoms with Crippen molar-refractivity contribution in [3.63, 3.8) is 0 Å². The molecule has 0 radical (unpaired) electrons. The molecule has 0 unspecified atom stereocenters. The van der Waals surface area contributed by atoms with Crippen LogP contribution in [0.15, 0.2) is 23.1 Å². The molecule has 0 spiro atoms. The summed E-state index contributed by atoms with van der Waals surface area (Å²) in [6.07, 6.45) is 3.87. The first-order valence-corrected chi connectivity index (χ1v) is 8.10. The maximum atomic E-state index is 12.6. The Morgan fingerprint density at radius 1 is 1.48 bits per heavy atom. The van der Waals surface area contributed by atoms with E-state index >= 15 is 0 Å². The fourth-order valence-electron chi connectivity index (χ4n) is 3.06. The van der Waals surface area contributed by atoms with Gasteiger partial charge in [-0.25, -0.2) is 9.48 Å².